The lowest BCUT2D eigenvalue weighted by atomic mass is 9.92. The van der Waals surface area contributed by atoms with Crippen LogP contribution in [-0.2, 0) is 5.41 Å². The van der Waals surface area contributed by atoms with Crippen LogP contribution < -0.4 is 5.43 Å². The van der Waals surface area contributed by atoms with Crippen LogP contribution in [0.25, 0.3) is 0 Å². The molecule has 1 aliphatic rings. The minimum absolute atomic E-state index is 0.0388. The number of aromatic amines is 1. The Balaban J connectivity index is 2.01. The molecule has 1 heterocycles. The average Bonchev–Trinajstić information content (AvgIpc) is 2.96. The van der Waals surface area contributed by atoms with E-state index in [4.69, 9.17) is 0 Å². The van der Waals surface area contributed by atoms with Crippen molar-refractivity contribution >= 4 is 11.6 Å². The summed E-state index contributed by atoms with van der Waals surface area (Å²) < 4.78 is 0. The summed E-state index contributed by atoms with van der Waals surface area (Å²) in [6.45, 7) is 6.21. The van der Waals surface area contributed by atoms with Gasteiger partial charge in [0.05, 0.1) is 0 Å². The third-order valence-corrected chi connectivity index (χ3v) is 3.11. The first-order valence-corrected chi connectivity index (χ1v) is 6.38. The van der Waals surface area contributed by atoms with Crippen molar-refractivity contribution in [1.29, 1.82) is 0 Å². The number of hydrazone groups is 1. The molecule has 2 N–H and O–H groups in total. The second kappa shape index (κ2) is 4.92. The van der Waals surface area contributed by atoms with Crippen molar-refractivity contribution in [3.8, 4) is 0 Å². The van der Waals surface area contributed by atoms with Crippen LogP contribution in [0.3, 0.4) is 0 Å². The fourth-order valence-corrected chi connectivity index (χ4v) is 1.90. The molecule has 0 atom stereocenters. The highest BCUT2D eigenvalue weighted by atomic mass is 16.2. The lowest BCUT2D eigenvalue weighted by molar-refractivity contribution is 0.0949. The van der Waals surface area contributed by atoms with Gasteiger partial charge in [-0.3, -0.25) is 9.89 Å². The summed E-state index contributed by atoms with van der Waals surface area (Å²) in [7, 11) is 0. The van der Waals surface area contributed by atoms with E-state index in [1.165, 1.54) is 12.8 Å². The molecule has 1 aromatic heterocycles. The number of amides is 1. The molecule has 2 rings (SSSR count). The molecular formula is C13H20N4O. The van der Waals surface area contributed by atoms with E-state index in [0.717, 1.165) is 24.2 Å². The third-order valence-electron chi connectivity index (χ3n) is 3.11. The van der Waals surface area contributed by atoms with Crippen molar-refractivity contribution in [3.63, 3.8) is 0 Å². The molecule has 0 radical (unpaired) electrons. The molecule has 1 aliphatic carbocycles. The van der Waals surface area contributed by atoms with Crippen molar-refractivity contribution in [2.24, 2.45) is 5.10 Å². The van der Waals surface area contributed by atoms with Gasteiger partial charge in [-0.15, -0.1) is 0 Å². The Morgan fingerprint density at radius 2 is 2.06 bits per heavy atom. The van der Waals surface area contributed by atoms with E-state index in [9.17, 15) is 4.79 Å². The number of carbonyl (C=O) groups excluding carboxylic acids is 1. The number of nitrogens with one attached hydrogen (secondary N) is 2. The molecule has 0 saturated heterocycles. The fraction of sp³-hybridized carbons (Fsp3) is 0.615. The van der Waals surface area contributed by atoms with Crippen LogP contribution in [0.4, 0.5) is 0 Å². The highest BCUT2D eigenvalue weighted by Gasteiger charge is 2.19. The minimum Gasteiger partial charge on any atom is -0.281 e. The van der Waals surface area contributed by atoms with Gasteiger partial charge < -0.3 is 0 Å². The van der Waals surface area contributed by atoms with Gasteiger partial charge in [-0.05, 0) is 31.7 Å². The zero-order valence-electron chi connectivity index (χ0n) is 11.2. The fourth-order valence-electron chi connectivity index (χ4n) is 1.90. The summed E-state index contributed by atoms with van der Waals surface area (Å²) in [5.74, 6) is -0.249. The number of rotatable bonds is 2. The maximum Gasteiger partial charge on any atom is 0.291 e. The molecular weight excluding hydrogens is 228 g/mol. The summed E-state index contributed by atoms with van der Waals surface area (Å²) in [6.07, 6.45) is 4.33. The SMILES string of the molecule is CC(C)(C)c1cc(C(=O)NN=C2CCCC2)n[nH]1. The lowest BCUT2D eigenvalue weighted by Gasteiger charge is -2.14. The number of aromatic nitrogens is 2. The monoisotopic (exact) mass is 248 g/mol. The molecule has 1 amide bonds. The highest BCUT2D eigenvalue weighted by Crippen LogP contribution is 2.20. The van der Waals surface area contributed by atoms with Gasteiger partial charge in [-0.25, -0.2) is 5.43 Å². The molecule has 0 spiro atoms. The predicted molar refractivity (Wildman–Crippen MR) is 70.7 cm³/mol. The first-order valence-electron chi connectivity index (χ1n) is 6.38. The maximum atomic E-state index is 11.8. The van der Waals surface area contributed by atoms with Gasteiger partial charge >= 0.3 is 0 Å². The second-order valence-electron chi connectivity index (χ2n) is 5.74. The van der Waals surface area contributed by atoms with Crippen LogP contribution in [0, 0.1) is 0 Å². The molecule has 0 aliphatic heterocycles. The summed E-state index contributed by atoms with van der Waals surface area (Å²) in [5.41, 5.74) is 4.95. The largest absolute Gasteiger partial charge is 0.291 e. The first-order chi connectivity index (χ1) is 8.47. The van der Waals surface area contributed by atoms with Crippen LogP contribution in [-0.4, -0.2) is 21.8 Å². The Kier molecular flexibility index (Phi) is 3.50. The van der Waals surface area contributed by atoms with Crippen LogP contribution in [0.1, 0.15) is 62.6 Å². The standard InChI is InChI=1S/C13H20N4O/c1-13(2,3)11-8-10(15-16-11)12(18)17-14-9-6-4-5-7-9/h8H,4-7H2,1-3H3,(H,15,16)(H,17,18). The van der Waals surface area contributed by atoms with Crippen LogP contribution in [0.15, 0.2) is 11.2 Å². The summed E-state index contributed by atoms with van der Waals surface area (Å²) in [6, 6.07) is 1.78. The Morgan fingerprint density at radius 1 is 1.39 bits per heavy atom. The van der Waals surface area contributed by atoms with Crippen LogP contribution in [0.5, 0.6) is 0 Å². The van der Waals surface area contributed by atoms with Gasteiger partial charge in [-0.2, -0.15) is 10.2 Å². The highest BCUT2D eigenvalue weighted by molar-refractivity contribution is 5.94. The number of hydrogen-bond acceptors (Lipinski definition) is 3. The van der Waals surface area contributed by atoms with E-state index in [-0.39, 0.29) is 11.3 Å². The summed E-state index contributed by atoms with van der Waals surface area (Å²) in [5, 5.41) is 11.1. The summed E-state index contributed by atoms with van der Waals surface area (Å²) >= 11 is 0. The normalized spacial score (nSPS) is 15.8. The second-order valence-corrected chi connectivity index (χ2v) is 5.74. The number of carbonyl (C=O) groups is 1. The van der Waals surface area contributed by atoms with Crippen LogP contribution in [0.2, 0.25) is 0 Å². The Labute approximate surface area is 107 Å². The van der Waals surface area contributed by atoms with Gasteiger partial charge in [-0.1, -0.05) is 20.8 Å². The Bertz CT molecular complexity index is 460. The number of hydrogen-bond donors (Lipinski definition) is 2. The molecule has 1 saturated carbocycles. The quantitative estimate of drug-likeness (QED) is 0.789. The van der Waals surface area contributed by atoms with Gasteiger partial charge in [0, 0.05) is 16.8 Å². The molecule has 5 heteroatoms. The van der Waals surface area contributed by atoms with Crippen LogP contribution >= 0.6 is 0 Å². The van der Waals surface area contributed by atoms with Crippen molar-refractivity contribution in [3.05, 3.63) is 17.5 Å². The topological polar surface area (TPSA) is 70.1 Å². The van der Waals surface area contributed by atoms with E-state index >= 15 is 0 Å². The molecule has 0 unspecified atom stereocenters. The zero-order valence-corrected chi connectivity index (χ0v) is 11.2. The smallest absolute Gasteiger partial charge is 0.281 e. The van der Waals surface area contributed by atoms with Crippen molar-refractivity contribution in [2.45, 2.75) is 51.9 Å². The lowest BCUT2D eigenvalue weighted by Crippen LogP contribution is -2.19. The maximum absolute atomic E-state index is 11.8. The van der Waals surface area contributed by atoms with E-state index in [2.05, 4.69) is 41.5 Å². The molecule has 0 bridgehead atoms. The Morgan fingerprint density at radius 3 is 2.61 bits per heavy atom. The van der Waals surface area contributed by atoms with E-state index < -0.39 is 0 Å². The van der Waals surface area contributed by atoms with Gasteiger partial charge in [0.25, 0.3) is 5.91 Å². The van der Waals surface area contributed by atoms with Gasteiger partial charge in [0.2, 0.25) is 0 Å². The minimum atomic E-state index is -0.249. The van der Waals surface area contributed by atoms with Gasteiger partial charge in [0.15, 0.2) is 5.69 Å². The van der Waals surface area contributed by atoms with Crippen molar-refractivity contribution in [1.82, 2.24) is 15.6 Å². The first kappa shape index (κ1) is 12.8. The molecule has 0 aromatic carbocycles. The third kappa shape index (κ3) is 2.97. The average molecular weight is 248 g/mol. The van der Waals surface area contributed by atoms with Crippen molar-refractivity contribution < 1.29 is 4.79 Å². The molecule has 1 fully saturated rings. The molecule has 5 nitrogen and oxygen atoms in total. The summed E-state index contributed by atoms with van der Waals surface area (Å²) in [4.78, 5) is 11.8. The number of H-pyrrole nitrogens is 1. The van der Waals surface area contributed by atoms with Gasteiger partial charge in [0.1, 0.15) is 0 Å². The zero-order chi connectivity index (χ0) is 13.2. The Hall–Kier alpha value is -1.65. The molecule has 18 heavy (non-hydrogen) atoms. The molecule has 1 aromatic rings. The van der Waals surface area contributed by atoms with E-state index in [1.54, 1.807) is 6.07 Å². The van der Waals surface area contributed by atoms with Crippen molar-refractivity contribution in [2.75, 3.05) is 0 Å². The molecule has 98 valence electrons. The predicted octanol–water partition coefficient (Wildman–Crippen LogP) is 2.37. The number of nitrogens with zero attached hydrogens (tertiary/aromatic N) is 2. The van der Waals surface area contributed by atoms with E-state index in [1.807, 2.05) is 0 Å². The van der Waals surface area contributed by atoms with E-state index in [0.29, 0.717) is 5.69 Å².